The molecule has 1 saturated heterocycles. The molecule has 1 fully saturated rings. The summed E-state index contributed by atoms with van der Waals surface area (Å²) in [7, 11) is 3.70. The first-order valence-electron chi connectivity index (χ1n) is 7.59. The molecule has 1 aliphatic rings. The summed E-state index contributed by atoms with van der Waals surface area (Å²) in [5, 5.41) is 11.7. The zero-order valence-corrected chi connectivity index (χ0v) is 16.0. The maximum atomic E-state index is 5.08. The summed E-state index contributed by atoms with van der Waals surface area (Å²) in [6.07, 6.45) is 3.45. The van der Waals surface area contributed by atoms with Gasteiger partial charge in [0.15, 0.2) is 11.8 Å². The maximum absolute atomic E-state index is 5.08. The van der Waals surface area contributed by atoms with E-state index in [9.17, 15) is 0 Å². The second kappa shape index (κ2) is 9.98. The Bertz CT molecular complexity index is 470. The van der Waals surface area contributed by atoms with Crippen LogP contribution in [-0.4, -0.2) is 59.0 Å². The van der Waals surface area contributed by atoms with Gasteiger partial charge >= 0.3 is 0 Å². The SMILES string of the molecule is COCCCNC(=NCc1nnc(C)n1C)N1CCCC1.I. The number of methoxy groups -OCH3 is 1. The van der Waals surface area contributed by atoms with Crippen LogP contribution < -0.4 is 5.32 Å². The van der Waals surface area contributed by atoms with Gasteiger partial charge in [0, 0.05) is 40.4 Å². The van der Waals surface area contributed by atoms with Crippen molar-refractivity contribution in [3.05, 3.63) is 11.6 Å². The van der Waals surface area contributed by atoms with E-state index in [1.807, 2.05) is 18.5 Å². The lowest BCUT2D eigenvalue weighted by atomic mass is 10.4. The first kappa shape index (κ1) is 19.1. The number of aromatic nitrogens is 3. The van der Waals surface area contributed by atoms with Gasteiger partial charge in [0.2, 0.25) is 0 Å². The second-order valence-corrected chi connectivity index (χ2v) is 5.33. The summed E-state index contributed by atoms with van der Waals surface area (Å²) < 4.78 is 7.06. The average molecular weight is 422 g/mol. The first-order valence-corrected chi connectivity index (χ1v) is 7.59. The molecule has 0 aliphatic carbocycles. The summed E-state index contributed by atoms with van der Waals surface area (Å²) >= 11 is 0. The van der Waals surface area contributed by atoms with Crippen LogP contribution in [0.5, 0.6) is 0 Å². The monoisotopic (exact) mass is 422 g/mol. The summed E-state index contributed by atoms with van der Waals surface area (Å²) in [5.74, 6) is 2.78. The predicted molar refractivity (Wildman–Crippen MR) is 97.6 cm³/mol. The molecule has 2 rings (SSSR count). The Morgan fingerprint density at radius 2 is 2.05 bits per heavy atom. The van der Waals surface area contributed by atoms with Crippen molar-refractivity contribution in [1.82, 2.24) is 25.0 Å². The van der Waals surface area contributed by atoms with Gasteiger partial charge in [-0.05, 0) is 26.2 Å². The molecule has 1 aromatic heterocycles. The number of hydrogen-bond acceptors (Lipinski definition) is 4. The van der Waals surface area contributed by atoms with Gasteiger partial charge < -0.3 is 19.5 Å². The lowest BCUT2D eigenvalue weighted by Crippen LogP contribution is -2.40. The van der Waals surface area contributed by atoms with Gasteiger partial charge in [-0.25, -0.2) is 4.99 Å². The van der Waals surface area contributed by atoms with Crippen molar-refractivity contribution in [1.29, 1.82) is 0 Å². The molecule has 0 atom stereocenters. The van der Waals surface area contributed by atoms with Crippen molar-refractivity contribution < 1.29 is 4.74 Å². The Morgan fingerprint density at radius 3 is 2.64 bits per heavy atom. The van der Waals surface area contributed by atoms with Crippen LogP contribution in [0.1, 0.15) is 30.9 Å². The molecule has 0 amide bonds. The standard InChI is InChI=1S/C14H26N6O.HI/c1-12-17-18-13(19(12)2)11-16-14(15-7-6-10-21-3)20-8-4-5-9-20;/h4-11H2,1-3H3,(H,15,16);1H. The molecule has 0 bridgehead atoms. The first-order chi connectivity index (χ1) is 10.2. The smallest absolute Gasteiger partial charge is 0.194 e. The third-order valence-corrected chi connectivity index (χ3v) is 3.77. The van der Waals surface area contributed by atoms with Crippen LogP contribution in [0.2, 0.25) is 0 Å². The molecule has 1 aliphatic heterocycles. The third kappa shape index (κ3) is 5.38. The van der Waals surface area contributed by atoms with Crippen LogP contribution in [-0.2, 0) is 18.3 Å². The van der Waals surface area contributed by atoms with Gasteiger partial charge in [-0.15, -0.1) is 34.2 Å². The van der Waals surface area contributed by atoms with Crippen molar-refractivity contribution >= 4 is 29.9 Å². The van der Waals surface area contributed by atoms with Crippen molar-refractivity contribution in [3.8, 4) is 0 Å². The fraction of sp³-hybridized carbons (Fsp3) is 0.786. The Kier molecular flexibility index (Phi) is 8.69. The van der Waals surface area contributed by atoms with Crippen LogP contribution in [0, 0.1) is 6.92 Å². The van der Waals surface area contributed by atoms with Crippen molar-refractivity contribution in [3.63, 3.8) is 0 Å². The summed E-state index contributed by atoms with van der Waals surface area (Å²) in [4.78, 5) is 7.03. The van der Waals surface area contributed by atoms with Crippen molar-refractivity contribution in [2.24, 2.45) is 12.0 Å². The van der Waals surface area contributed by atoms with Gasteiger partial charge in [-0.2, -0.15) is 0 Å². The summed E-state index contributed by atoms with van der Waals surface area (Å²) in [5.41, 5.74) is 0. The Morgan fingerprint density at radius 1 is 1.32 bits per heavy atom. The largest absolute Gasteiger partial charge is 0.385 e. The van der Waals surface area contributed by atoms with Crippen LogP contribution >= 0.6 is 24.0 Å². The van der Waals surface area contributed by atoms with E-state index in [1.165, 1.54) is 12.8 Å². The minimum atomic E-state index is 0. The normalized spacial score (nSPS) is 15.0. The van der Waals surface area contributed by atoms with E-state index in [0.29, 0.717) is 6.54 Å². The molecule has 0 aromatic carbocycles. The Hall–Kier alpha value is -0.900. The Labute approximate surface area is 149 Å². The topological polar surface area (TPSA) is 67.6 Å². The minimum absolute atomic E-state index is 0. The number of nitrogens with zero attached hydrogens (tertiary/aromatic N) is 5. The van der Waals surface area contributed by atoms with Crippen LogP contribution in [0.25, 0.3) is 0 Å². The number of guanidine groups is 1. The highest BCUT2D eigenvalue weighted by atomic mass is 127. The number of rotatable bonds is 6. The molecule has 7 nitrogen and oxygen atoms in total. The van der Waals surface area contributed by atoms with E-state index >= 15 is 0 Å². The number of nitrogens with one attached hydrogen (secondary N) is 1. The fourth-order valence-electron chi connectivity index (χ4n) is 2.35. The molecule has 1 aromatic rings. The quantitative estimate of drug-likeness (QED) is 0.324. The zero-order valence-electron chi connectivity index (χ0n) is 13.7. The van der Waals surface area contributed by atoms with E-state index in [1.54, 1.807) is 7.11 Å². The molecule has 2 heterocycles. The van der Waals surface area contributed by atoms with Crippen molar-refractivity contribution in [2.75, 3.05) is 33.4 Å². The molecular weight excluding hydrogens is 395 g/mol. The van der Waals surface area contributed by atoms with Crippen LogP contribution in [0.3, 0.4) is 0 Å². The number of aryl methyl sites for hydroxylation is 1. The van der Waals surface area contributed by atoms with Gasteiger partial charge in [0.05, 0.1) is 0 Å². The molecule has 0 unspecified atom stereocenters. The summed E-state index contributed by atoms with van der Waals surface area (Å²) in [6.45, 7) is 6.30. The highest BCUT2D eigenvalue weighted by Crippen LogP contribution is 2.08. The fourth-order valence-corrected chi connectivity index (χ4v) is 2.35. The third-order valence-electron chi connectivity index (χ3n) is 3.77. The van der Waals surface area contributed by atoms with E-state index in [2.05, 4.69) is 20.4 Å². The van der Waals surface area contributed by atoms with Crippen LogP contribution in [0.15, 0.2) is 4.99 Å². The molecular formula is C14H27IN6O. The Balaban J connectivity index is 0.00000242. The van der Waals surface area contributed by atoms with E-state index < -0.39 is 0 Å². The average Bonchev–Trinajstić information content (AvgIpc) is 3.11. The minimum Gasteiger partial charge on any atom is -0.385 e. The summed E-state index contributed by atoms with van der Waals surface area (Å²) in [6, 6.07) is 0. The lowest BCUT2D eigenvalue weighted by Gasteiger charge is -2.21. The second-order valence-electron chi connectivity index (χ2n) is 5.33. The van der Waals surface area contributed by atoms with E-state index in [-0.39, 0.29) is 24.0 Å². The highest BCUT2D eigenvalue weighted by molar-refractivity contribution is 14.0. The zero-order chi connectivity index (χ0) is 15.1. The van der Waals surface area contributed by atoms with Gasteiger partial charge in [0.25, 0.3) is 0 Å². The highest BCUT2D eigenvalue weighted by Gasteiger charge is 2.16. The molecule has 0 spiro atoms. The maximum Gasteiger partial charge on any atom is 0.194 e. The number of likely N-dealkylation sites (tertiary alicyclic amines) is 1. The van der Waals surface area contributed by atoms with E-state index in [4.69, 9.17) is 9.73 Å². The van der Waals surface area contributed by atoms with Crippen LogP contribution in [0.4, 0.5) is 0 Å². The molecule has 0 saturated carbocycles. The molecule has 22 heavy (non-hydrogen) atoms. The van der Waals surface area contributed by atoms with Gasteiger partial charge in [0.1, 0.15) is 12.4 Å². The molecule has 1 N–H and O–H groups in total. The van der Waals surface area contributed by atoms with Crippen molar-refractivity contribution in [2.45, 2.75) is 32.7 Å². The van der Waals surface area contributed by atoms with Gasteiger partial charge in [-0.1, -0.05) is 0 Å². The number of halogens is 1. The molecule has 0 radical (unpaired) electrons. The van der Waals surface area contributed by atoms with Gasteiger partial charge in [-0.3, -0.25) is 0 Å². The molecule has 8 heteroatoms. The predicted octanol–water partition coefficient (Wildman–Crippen LogP) is 1.32. The number of hydrogen-bond donors (Lipinski definition) is 1. The molecule has 126 valence electrons. The lowest BCUT2D eigenvalue weighted by molar-refractivity contribution is 0.195. The number of aliphatic imine (C=N–C) groups is 1. The van der Waals surface area contributed by atoms with E-state index in [0.717, 1.165) is 50.3 Å². The number of ether oxygens (including phenoxy) is 1.